The number of benzene rings is 1. The molecule has 1 fully saturated rings. The van der Waals surface area contributed by atoms with Crippen LogP contribution in [0.25, 0.3) is 0 Å². The summed E-state index contributed by atoms with van der Waals surface area (Å²) >= 11 is 4.50. The number of nitrogens with one attached hydrogen (secondary N) is 1. The summed E-state index contributed by atoms with van der Waals surface area (Å²) in [7, 11) is -1.88. The van der Waals surface area contributed by atoms with Crippen molar-refractivity contribution in [2.45, 2.75) is 22.6 Å². The highest BCUT2D eigenvalue weighted by Gasteiger charge is 2.47. The lowest BCUT2D eigenvalue weighted by Gasteiger charge is -2.17. The molecule has 0 atom stereocenters. The molecule has 0 radical (unpaired) electrons. The van der Waals surface area contributed by atoms with E-state index in [1.54, 1.807) is 19.2 Å². The van der Waals surface area contributed by atoms with Crippen LogP contribution in [0.5, 0.6) is 5.75 Å². The first-order valence-electron chi connectivity index (χ1n) is 6.39. The van der Waals surface area contributed by atoms with Gasteiger partial charge in [-0.3, -0.25) is 0 Å². The molecule has 1 aromatic heterocycles. The van der Waals surface area contributed by atoms with E-state index in [0.717, 1.165) is 27.9 Å². The fraction of sp³-hybridized carbons (Fsp3) is 0.286. The molecule has 1 N–H and O–H groups in total. The molecule has 0 saturated heterocycles. The first-order valence-corrected chi connectivity index (χ1v) is 9.48. The van der Waals surface area contributed by atoms with Gasteiger partial charge in [0.1, 0.15) is 9.96 Å². The number of hydrogen-bond donors (Lipinski definition) is 1. The Morgan fingerprint density at radius 1 is 1.19 bits per heavy atom. The largest absolute Gasteiger partial charge is 0.497 e. The second-order valence-electron chi connectivity index (χ2n) is 4.97. The third-order valence-electron chi connectivity index (χ3n) is 3.54. The fourth-order valence-electron chi connectivity index (χ4n) is 2.23. The van der Waals surface area contributed by atoms with E-state index in [1.165, 1.54) is 11.3 Å². The van der Waals surface area contributed by atoms with Crippen molar-refractivity contribution in [2.24, 2.45) is 0 Å². The van der Waals surface area contributed by atoms with E-state index >= 15 is 0 Å². The van der Waals surface area contributed by atoms with Crippen molar-refractivity contribution in [3.63, 3.8) is 0 Å². The smallest absolute Gasteiger partial charge is 0.250 e. The Morgan fingerprint density at radius 2 is 1.86 bits per heavy atom. The van der Waals surface area contributed by atoms with E-state index in [1.807, 2.05) is 24.3 Å². The minimum Gasteiger partial charge on any atom is -0.497 e. The predicted octanol–water partition coefficient (Wildman–Crippen LogP) is 3.49. The van der Waals surface area contributed by atoms with Crippen LogP contribution in [0, 0.1) is 0 Å². The number of rotatable bonds is 5. The van der Waals surface area contributed by atoms with Crippen LogP contribution >= 0.6 is 27.3 Å². The Hall–Kier alpha value is -0.890. The first kappa shape index (κ1) is 15.0. The number of methoxy groups -OCH3 is 1. The molecule has 21 heavy (non-hydrogen) atoms. The van der Waals surface area contributed by atoms with Crippen LogP contribution in [0.1, 0.15) is 18.4 Å². The number of thiophene rings is 1. The lowest BCUT2D eigenvalue weighted by Crippen LogP contribution is -2.34. The maximum atomic E-state index is 12.5. The quantitative estimate of drug-likeness (QED) is 0.853. The Balaban J connectivity index is 1.86. The van der Waals surface area contributed by atoms with Gasteiger partial charge in [0.25, 0.3) is 10.0 Å². The Labute approximate surface area is 136 Å². The van der Waals surface area contributed by atoms with Gasteiger partial charge in [-0.15, -0.1) is 11.3 Å². The lowest BCUT2D eigenvalue weighted by atomic mass is 10.1. The summed E-state index contributed by atoms with van der Waals surface area (Å²) in [4.78, 5) is 0. The van der Waals surface area contributed by atoms with Crippen molar-refractivity contribution in [3.05, 3.63) is 45.7 Å². The maximum Gasteiger partial charge on any atom is 0.250 e. The lowest BCUT2D eigenvalue weighted by molar-refractivity contribution is 0.414. The Bertz CT molecular complexity index is 749. The average Bonchev–Trinajstić information content (AvgIpc) is 3.09. The van der Waals surface area contributed by atoms with E-state index in [9.17, 15) is 8.42 Å². The summed E-state index contributed by atoms with van der Waals surface area (Å²) in [6, 6.07) is 10.9. The van der Waals surface area contributed by atoms with Gasteiger partial charge in [-0.25, -0.2) is 8.42 Å². The summed E-state index contributed by atoms with van der Waals surface area (Å²) in [6.45, 7) is 0. The average molecular weight is 388 g/mol. The molecule has 1 aliphatic carbocycles. The zero-order chi connectivity index (χ0) is 15.1. The molecule has 2 aromatic rings. The predicted molar refractivity (Wildman–Crippen MR) is 86.2 cm³/mol. The maximum absolute atomic E-state index is 12.5. The third kappa shape index (κ3) is 3.01. The van der Waals surface area contributed by atoms with Crippen LogP contribution < -0.4 is 9.46 Å². The highest BCUT2D eigenvalue weighted by atomic mass is 79.9. The van der Waals surface area contributed by atoms with Gasteiger partial charge in [0.05, 0.1) is 16.4 Å². The van der Waals surface area contributed by atoms with Gasteiger partial charge in [-0.1, -0.05) is 12.1 Å². The van der Waals surface area contributed by atoms with E-state index < -0.39 is 15.6 Å². The molecular weight excluding hydrogens is 374 g/mol. The highest BCUT2D eigenvalue weighted by Crippen LogP contribution is 2.47. The highest BCUT2D eigenvalue weighted by molar-refractivity contribution is 9.11. The Morgan fingerprint density at radius 3 is 2.33 bits per heavy atom. The number of hydrogen-bond acceptors (Lipinski definition) is 4. The molecule has 1 saturated carbocycles. The first-order chi connectivity index (χ1) is 9.95. The summed E-state index contributed by atoms with van der Waals surface area (Å²) in [5, 5.41) is 0. The van der Waals surface area contributed by atoms with Crippen LogP contribution in [-0.2, 0) is 15.6 Å². The van der Waals surface area contributed by atoms with Gasteiger partial charge in [0, 0.05) is 0 Å². The fourth-order valence-corrected chi connectivity index (χ4v) is 5.69. The summed E-state index contributed by atoms with van der Waals surface area (Å²) < 4.78 is 34.0. The normalized spacial score (nSPS) is 16.7. The van der Waals surface area contributed by atoms with Gasteiger partial charge < -0.3 is 4.74 Å². The van der Waals surface area contributed by atoms with Crippen LogP contribution in [0.15, 0.2) is 44.4 Å². The van der Waals surface area contributed by atoms with Crippen molar-refractivity contribution < 1.29 is 13.2 Å². The second-order valence-corrected chi connectivity index (χ2v) is 9.35. The minimum absolute atomic E-state index is 0.328. The minimum atomic E-state index is -3.49. The van der Waals surface area contributed by atoms with Crippen LogP contribution in [0.3, 0.4) is 0 Å². The van der Waals surface area contributed by atoms with Gasteiger partial charge >= 0.3 is 0 Å². The monoisotopic (exact) mass is 387 g/mol. The molecule has 7 heteroatoms. The number of halogens is 1. The van der Waals surface area contributed by atoms with Gasteiger partial charge in [0.15, 0.2) is 0 Å². The summed E-state index contributed by atoms with van der Waals surface area (Å²) in [5.74, 6) is 0.764. The van der Waals surface area contributed by atoms with Gasteiger partial charge in [-0.05, 0) is 58.6 Å². The zero-order valence-electron chi connectivity index (χ0n) is 11.3. The molecule has 112 valence electrons. The zero-order valence-corrected chi connectivity index (χ0v) is 14.5. The molecule has 1 heterocycles. The molecule has 1 aliphatic rings. The second kappa shape index (κ2) is 5.39. The van der Waals surface area contributed by atoms with Crippen molar-refractivity contribution in [2.75, 3.05) is 7.11 Å². The van der Waals surface area contributed by atoms with E-state index in [2.05, 4.69) is 20.7 Å². The number of sulfonamides is 1. The van der Waals surface area contributed by atoms with E-state index in [4.69, 9.17) is 4.74 Å². The van der Waals surface area contributed by atoms with Crippen molar-refractivity contribution in [3.8, 4) is 5.75 Å². The molecule has 0 spiro atoms. The molecule has 1 aromatic carbocycles. The van der Waals surface area contributed by atoms with Gasteiger partial charge in [-0.2, -0.15) is 4.72 Å². The summed E-state index contributed by atoms with van der Waals surface area (Å²) in [5.41, 5.74) is 0.504. The molecule has 3 rings (SSSR count). The molecule has 4 nitrogen and oxygen atoms in total. The molecule has 0 amide bonds. The molecule has 0 bridgehead atoms. The molecular formula is C14H14BrNO3S2. The standard InChI is InChI=1S/C14H14BrNO3S2/c1-19-11-4-2-10(3-5-11)14(8-9-14)16-21(17,18)13-7-6-12(15)20-13/h2-7,16H,8-9H2,1H3. The van der Waals surface area contributed by atoms with Crippen LogP contribution in [-0.4, -0.2) is 15.5 Å². The number of ether oxygens (including phenoxy) is 1. The SMILES string of the molecule is COc1ccc(C2(NS(=O)(=O)c3ccc(Br)s3)CC2)cc1. The third-order valence-corrected chi connectivity index (χ3v) is 7.19. The van der Waals surface area contributed by atoms with Crippen LogP contribution in [0.4, 0.5) is 0 Å². The summed E-state index contributed by atoms with van der Waals surface area (Å²) in [6.07, 6.45) is 1.62. The molecule has 0 unspecified atom stereocenters. The topological polar surface area (TPSA) is 55.4 Å². The van der Waals surface area contributed by atoms with E-state index in [0.29, 0.717) is 4.21 Å². The van der Waals surface area contributed by atoms with Crippen molar-refractivity contribution >= 4 is 37.3 Å². The van der Waals surface area contributed by atoms with E-state index in [-0.39, 0.29) is 0 Å². The molecule has 0 aliphatic heterocycles. The van der Waals surface area contributed by atoms with Crippen molar-refractivity contribution in [1.29, 1.82) is 0 Å². The van der Waals surface area contributed by atoms with Gasteiger partial charge in [0.2, 0.25) is 0 Å². The van der Waals surface area contributed by atoms with Crippen LogP contribution in [0.2, 0.25) is 0 Å². The van der Waals surface area contributed by atoms with Crippen molar-refractivity contribution in [1.82, 2.24) is 4.72 Å². The Kier molecular flexibility index (Phi) is 3.85.